The van der Waals surface area contributed by atoms with Gasteiger partial charge >= 0.3 is 5.97 Å². The largest absolute Gasteiger partial charge is 0.462 e. The summed E-state index contributed by atoms with van der Waals surface area (Å²) in [5.74, 6) is -1.01. The predicted molar refractivity (Wildman–Crippen MR) is 101 cm³/mol. The van der Waals surface area contributed by atoms with E-state index in [4.69, 9.17) is 4.74 Å². The van der Waals surface area contributed by atoms with Crippen molar-refractivity contribution >= 4 is 17.6 Å². The Morgan fingerprint density at radius 1 is 1.18 bits per heavy atom. The molecular formula is C21H18FN3O3. The van der Waals surface area contributed by atoms with Crippen LogP contribution >= 0.6 is 0 Å². The van der Waals surface area contributed by atoms with Crippen molar-refractivity contribution in [2.75, 3.05) is 11.5 Å². The van der Waals surface area contributed by atoms with Crippen molar-refractivity contribution in [1.82, 2.24) is 10.2 Å². The molecule has 1 amide bonds. The van der Waals surface area contributed by atoms with Crippen molar-refractivity contribution in [1.29, 1.82) is 0 Å². The topological polar surface area (TPSA) is 75.3 Å². The highest BCUT2D eigenvalue weighted by Gasteiger charge is 2.42. The molecule has 1 atom stereocenters. The van der Waals surface area contributed by atoms with Crippen molar-refractivity contribution in [3.63, 3.8) is 0 Å². The standard InChI is InChI=1S/C21H18FN3O3/c1-3-28-21(27)14-6-10-16(11-7-14)25-19(13-4-8-15(22)9-5-13)17-12(2)23-24-18(17)20(25)26/h4-11,19H,3H2,1-2H3,(H,23,24)/t19-/m1/s1. The molecule has 28 heavy (non-hydrogen) atoms. The van der Waals surface area contributed by atoms with Gasteiger partial charge in [0.1, 0.15) is 5.82 Å². The maximum absolute atomic E-state index is 13.4. The minimum absolute atomic E-state index is 0.252. The number of hydrogen-bond donors (Lipinski definition) is 1. The van der Waals surface area contributed by atoms with Crippen LogP contribution in [0.25, 0.3) is 0 Å². The van der Waals surface area contributed by atoms with Crippen molar-refractivity contribution in [2.45, 2.75) is 19.9 Å². The molecule has 7 heteroatoms. The summed E-state index contributed by atoms with van der Waals surface area (Å²) in [7, 11) is 0. The summed E-state index contributed by atoms with van der Waals surface area (Å²) in [6, 6.07) is 12.3. The maximum Gasteiger partial charge on any atom is 0.338 e. The molecule has 6 nitrogen and oxygen atoms in total. The monoisotopic (exact) mass is 379 g/mol. The lowest BCUT2D eigenvalue weighted by atomic mass is 9.99. The molecule has 142 valence electrons. The Bertz CT molecular complexity index is 1040. The number of nitrogens with zero attached hydrogens (tertiary/aromatic N) is 2. The van der Waals surface area contributed by atoms with Crippen molar-refractivity contribution in [3.8, 4) is 0 Å². The minimum atomic E-state index is -0.435. The lowest BCUT2D eigenvalue weighted by molar-refractivity contribution is 0.0526. The number of H-pyrrole nitrogens is 1. The van der Waals surface area contributed by atoms with Crippen molar-refractivity contribution in [2.24, 2.45) is 0 Å². The number of carbonyl (C=O) groups excluding carboxylic acids is 2. The van der Waals surface area contributed by atoms with E-state index < -0.39 is 12.0 Å². The van der Waals surface area contributed by atoms with Crippen LogP contribution in [0, 0.1) is 12.7 Å². The number of carbonyl (C=O) groups is 2. The summed E-state index contributed by atoms with van der Waals surface area (Å²) in [6.07, 6.45) is 0. The number of aryl methyl sites for hydroxylation is 1. The number of hydrogen-bond acceptors (Lipinski definition) is 4. The number of ether oxygens (including phenoxy) is 1. The molecule has 0 fully saturated rings. The molecule has 2 aromatic carbocycles. The van der Waals surface area contributed by atoms with E-state index in [1.54, 1.807) is 48.2 Å². The molecule has 4 rings (SSSR count). The zero-order valence-electron chi connectivity index (χ0n) is 15.4. The molecule has 0 spiro atoms. The maximum atomic E-state index is 13.4. The minimum Gasteiger partial charge on any atom is -0.462 e. The zero-order valence-corrected chi connectivity index (χ0v) is 15.4. The summed E-state index contributed by atoms with van der Waals surface area (Å²) >= 11 is 0. The summed E-state index contributed by atoms with van der Waals surface area (Å²) < 4.78 is 18.4. The van der Waals surface area contributed by atoms with E-state index in [2.05, 4.69) is 10.2 Å². The average molecular weight is 379 g/mol. The van der Waals surface area contributed by atoms with Gasteiger partial charge in [-0.2, -0.15) is 5.10 Å². The average Bonchev–Trinajstić information content (AvgIpc) is 3.21. The van der Waals surface area contributed by atoms with Gasteiger partial charge in [-0.15, -0.1) is 0 Å². The number of amides is 1. The Morgan fingerprint density at radius 3 is 2.50 bits per heavy atom. The number of halogens is 1. The smallest absolute Gasteiger partial charge is 0.338 e. The summed E-state index contributed by atoms with van der Waals surface area (Å²) in [5, 5.41) is 7.01. The highest BCUT2D eigenvalue weighted by Crippen LogP contribution is 2.42. The number of benzene rings is 2. The van der Waals surface area contributed by atoms with E-state index in [1.165, 1.54) is 12.1 Å². The number of rotatable bonds is 4. The van der Waals surface area contributed by atoms with Crippen LogP contribution in [0.2, 0.25) is 0 Å². The quantitative estimate of drug-likeness (QED) is 0.700. The SMILES string of the molecule is CCOC(=O)c1ccc(N2C(=O)c3n[nH]c(C)c3[C@H]2c2ccc(F)cc2)cc1. The van der Waals surface area contributed by atoms with Gasteiger partial charge in [-0.25, -0.2) is 9.18 Å². The molecule has 0 saturated carbocycles. The van der Waals surface area contributed by atoms with Crippen LogP contribution in [0.3, 0.4) is 0 Å². The first-order chi connectivity index (χ1) is 13.5. The molecule has 3 aromatic rings. The van der Waals surface area contributed by atoms with Crippen molar-refractivity contribution < 1.29 is 18.7 Å². The molecular weight excluding hydrogens is 361 g/mol. The van der Waals surface area contributed by atoms with E-state index in [0.29, 0.717) is 16.9 Å². The predicted octanol–water partition coefficient (Wildman–Crippen LogP) is 3.78. The highest BCUT2D eigenvalue weighted by atomic mass is 19.1. The van der Waals surface area contributed by atoms with E-state index in [9.17, 15) is 14.0 Å². The third kappa shape index (κ3) is 2.85. The van der Waals surface area contributed by atoms with E-state index in [0.717, 1.165) is 16.8 Å². The Hall–Kier alpha value is -3.48. The second kappa shape index (κ2) is 6.92. The summed E-state index contributed by atoms with van der Waals surface area (Å²) in [6.45, 7) is 3.88. The fourth-order valence-electron chi connectivity index (χ4n) is 3.50. The molecule has 1 aliphatic heterocycles. The Kier molecular flexibility index (Phi) is 4.43. The lowest BCUT2D eigenvalue weighted by Crippen LogP contribution is -2.29. The van der Waals surface area contributed by atoms with Crippen LogP contribution in [0.4, 0.5) is 10.1 Å². The van der Waals surface area contributed by atoms with Gasteiger partial charge in [0.15, 0.2) is 5.69 Å². The van der Waals surface area contributed by atoms with E-state index >= 15 is 0 Å². The first-order valence-electron chi connectivity index (χ1n) is 8.92. The van der Waals surface area contributed by atoms with E-state index in [-0.39, 0.29) is 18.3 Å². The Labute approximate surface area is 160 Å². The van der Waals surface area contributed by atoms with E-state index in [1.807, 2.05) is 6.92 Å². The van der Waals surface area contributed by atoms with Gasteiger partial charge in [-0.3, -0.25) is 14.8 Å². The highest BCUT2D eigenvalue weighted by molar-refractivity contribution is 6.10. The first kappa shape index (κ1) is 17.9. The normalized spacial score (nSPS) is 15.6. The van der Waals surface area contributed by atoms with Crippen LogP contribution in [0.5, 0.6) is 0 Å². The van der Waals surface area contributed by atoms with Crippen molar-refractivity contribution in [3.05, 3.63) is 82.4 Å². The number of aromatic nitrogens is 2. The molecule has 1 aliphatic rings. The second-order valence-electron chi connectivity index (χ2n) is 6.51. The summed E-state index contributed by atoms with van der Waals surface area (Å²) in [5.41, 5.74) is 3.69. The zero-order chi connectivity index (χ0) is 19.8. The lowest BCUT2D eigenvalue weighted by Gasteiger charge is -2.26. The third-order valence-corrected chi connectivity index (χ3v) is 4.79. The molecule has 0 aliphatic carbocycles. The first-order valence-corrected chi connectivity index (χ1v) is 8.92. The number of fused-ring (bicyclic) bond motifs is 1. The molecule has 2 heterocycles. The molecule has 0 unspecified atom stereocenters. The molecule has 0 bridgehead atoms. The summed E-state index contributed by atoms with van der Waals surface area (Å²) in [4.78, 5) is 26.6. The Morgan fingerprint density at radius 2 is 1.86 bits per heavy atom. The van der Waals surface area contributed by atoms with Crippen LogP contribution < -0.4 is 4.90 Å². The number of esters is 1. The van der Waals surface area contributed by atoms with Gasteiger partial charge in [0.05, 0.1) is 18.2 Å². The van der Waals surface area contributed by atoms with Gasteiger partial charge in [-0.1, -0.05) is 12.1 Å². The molecule has 0 radical (unpaired) electrons. The number of nitrogens with one attached hydrogen (secondary N) is 1. The van der Waals surface area contributed by atoms with Gasteiger partial charge in [0.2, 0.25) is 0 Å². The second-order valence-corrected chi connectivity index (χ2v) is 6.51. The van der Waals surface area contributed by atoms with Gasteiger partial charge < -0.3 is 4.74 Å². The van der Waals surface area contributed by atoms with Crippen LogP contribution in [0.15, 0.2) is 48.5 Å². The molecule has 1 aromatic heterocycles. The fourth-order valence-corrected chi connectivity index (χ4v) is 3.50. The van der Waals surface area contributed by atoms with Crippen LogP contribution in [0.1, 0.15) is 50.6 Å². The van der Waals surface area contributed by atoms with Gasteiger partial charge in [-0.05, 0) is 55.8 Å². The number of anilines is 1. The number of aromatic amines is 1. The Balaban J connectivity index is 1.77. The molecule has 1 N–H and O–H groups in total. The van der Waals surface area contributed by atoms with Gasteiger partial charge in [0, 0.05) is 16.9 Å². The van der Waals surface area contributed by atoms with Crippen LogP contribution in [-0.2, 0) is 4.74 Å². The van der Waals surface area contributed by atoms with Gasteiger partial charge in [0.25, 0.3) is 5.91 Å². The fraction of sp³-hybridized carbons (Fsp3) is 0.190. The third-order valence-electron chi connectivity index (χ3n) is 4.79. The molecule has 0 saturated heterocycles. The van der Waals surface area contributed by atoms with Crippen LogP contribution in [-0.4, -0.2) is 28.7 Å².